The highest BCUT2D eigenvalue weighted by Crippen LogP contribution is 2.19. The zero-order valence-electron chi connectivity index (χ0n) is 18.0. The van der Waals surface area contributed by atoms with Crippen molar-refractivity contribution in [1.29, 1.82) is 0 Å². The fourth-order valence-corrected chi connectivity index (χ4v) is 3.29. The summed E-state index contributed by atoms with van der Waals surface area (Å²) in [5.41, 5.74) is 2.36. The van der Waals surface area contributed by atoms with Crippen molar-refractivity contribution in [3.8, 4) is 0 Å². The molecule has 2 rings (SSSR count). The summed E-state index contributed by atoms with van der Waals surface area (Å²) in [5.74, 6) is -1.71. The van der Waals surface area contributed by atoms with Gasteiger partial charge in [0.25, 0.3) is 0 Å². The molecular formula is C23H31F2N3O2. The van der Waals surface area contributed by atoms with Crippen LogP contribution in [0.1, 0.15) is 44.6 Å². The topological polar surface area (TPSA) is 74.2 Å². The standard InChI is InChI=1S/C23H31F2N3O2/c1-15(29)27-21(10-16-8-17(24)11-18(25)9-16)22(30)14-26-13-20-7-5-6-19(28-20)12-23(2,3)4/h5-9,11,21-22,26,30H,10,12-14H2,1-4H3,(H,27,29)/t21-,22-/m0/s1. The lowest BCUT2D eigenvalue weighted by Gasteiger charge is -2.24. The van der Waals surface area contributed by atoms with Crippen LogP contribution in [0.5, 0.6) is 0 Å². The second-order valence-electron chi connectivity index (χ2n) is 8.84. The molecule has 1 aromatic heterocycles. The average Bonchev–Trinajstić information content (AvgIpc) is 2.58. The van der Waals surface area contributed by atoms with E-state index in [0.29, 0.717) is 12.1 Å². The first-order valence-corrected chi connectivity index (χ1v) is 10.1. The third-order valence-electron chi connectivity index (χ3n) is 4.47. The molecule has 2 aromatic rings. The molecule has 0 unspecified atom stereocenters. The molecule has 30 heavy (non-hydrogen) atoms. The molecule has 0 aliphatic rings. The van der Waals surface area contributed by atoms with Crippen LogP contribution in [-0.2, 0) is 24.2 Å². The molecule has 0 fully saturated rings. The molecule has 0 saturated heterocycles. The zero-order chi connectivity index (χ0) is 22.3. The van der Waals surface area contributed by atoms with Gasteiger partial charge >= 0.3 is 0 Å². The monoisotopic (exact) mass is 419 g/mol. The van der Waals surface area contributed by atoms with Crippen molar-refractivity contribution in [3.63, 3.8) is 0 Å². The van der Waals surface area contributed by atoms with Gasteiger partial charge in [-0.05, 0) is 48.1 Å². The summed E-state index contributed by atoms with van der Waals surface area (Å²) < 4.78 is 26.9. The molecule has 1 aromatic carbocycles. The van der Waals surface area contributed by atoms with Gasteiger partial charge in [-0.15, -0.1) is 0 Å². The van der Waals surface area contributed by atoms with E-state index >= 15 is 0 Å². The summed E-state index contributed by atoms with van der Waals surface area (Å²) >= 11 is 0. The first-order valence-electron chi connectivity index (χ1n) is 10.1. The Kier molecular flexibility index (Phi) is 8.43. The Bertz CT molecular complexity index is 832. The van der Waals surface area contributed by atoms with Gasteiger partial charge in [-0.3, -0.25) is 9.78 Å². The minimum Gasteiger partial charge on any atom is -0.390 e. The number of aliphatic hydroxyl groups is 1. The van der Waals surface area contributed by atoms with Crippen molar-refractivity contribution in [1.82, 2.24) is 15.6 Å². The quantitative estimate of drug-likeness (QED) is 0.584. The molecule has 0 aliphatic carbocycles. The highest BCUT2D eigenvalue weighted by molar-refractivity contribution is 5.73. The fraction of sp³-hybridized carbons (Fsp3) is 0.478. The summed E-state index contributed by atoms with van der Waals surface area (Å²) in [6.45, 7) is 8.45. The Hall–Kier alpha value is -2.38. The fourth-order valence-electron chi connectivity index (χ4n) is 3.29. The number of carbonyl (C=O) groups is 1. The predicted molar refractivity (Wildman–Crippen MR) is 113 cm³/mol. The van der Waals surface area contributed by atoms with Gasteiger partial charge in [0.1, 0.15) is 11.6 Å². The largest absolute Gasteiger partial charge is 0.390 e. The summed E-state index contributed by atoms with van der Waals surface area (Å²) in [7, 11) is 0. The zero-order valence-corrected chi connectivity index (χ0v) is 18.0. The minimum absolute atomic E-state index is 0.108. The Labute approximate surface area is 176 Å². The number of carbonyl (C=O) groups excluding carboxylic acids is 1. The third kappa shape index (κ3) is 8.55. The molecule has 5 nitrogen and oxygen atoms in total. The Morgan fingerprint density at radius 1 is 1.13 bits per heavy atom. The molecule has 0 bridgehead atoms. The van der Waals surface area contributed by atoms with E-state index in [1.807, 2.05) is 18.2 Å². The highest BCUT2D eigenvalue weighted by atomic mass is 19.1. The minimum atomic E-state index is -0.946. The second-order valence-corrected chi connectivity index (χ2v) is 8.84. The Balaban J connectivity index is 1.96. The van der Waals surface area contributed by atoms with Gasteiger partial charge in [-0.1, -0.05) is 26.8 Å². The van der Waals surface area contributed by atoms with Crippen LogP contribution in [-0.4, -0.2) is 34.7 Å². The van der Waals surface area contributed by atoms with Crippen molar-refractivity contribution >= 4 is 5.91 Å². The van der Waals surface area contributed by atoms with E-state index in [9.17, 15) is 18.7 Å². The van der Waals surface area contributed by atoms with Crippen molar-refractivity contribution in [2.24, 2.45) is 5.41 Å². The predicted octanol–water partition coefficient (Wildman–Crippen LogP) is 3.15. The van der Waals surface area contributed by atoms with Crippen LogP contribution in [0.4, 0.5) is 8.78 Å². The van der Waals surface area contributed by atoms with E-state index in [1.165, 1.54) is 19.1 Å². The number of benzene rings is 1. The SMILES string of the molecule is CC(=O)N[C@@H](Cc1cc(F)cc(F)c1)[C@@H](O)CNCc1cccc(CC(C)(C)C)n1. The molecule has 1 amide bonds. The summed E-state index contributed by atoms with van der Waals surface area (Å²) in [4.78, 5) is 16.2. The number of rotatable bonds is 9. The number of aromatic nitrogens is 1. The normalized spacial score (nSPS) is 13.7. The van der Waals surface area contributed by atoms with E-state index in [2.05, 4.69) is 36.4 Å². The number of nitrogens with one attached hydrogen (secondary N) is 2. The number of amides is 1. The lowest BCUT2D eigenvalue weighted by molar-refractivity contribution is -0.120. The molecule has 2 atom stereocenters. The molecule has 3 N–H and O–H groups in total. The van der Waals surface area contributed by atoms with Gasteiger partial charge in [-0.2, -0.15) is 0 Å². The van der Waals surface area contributed by atoms with Crippen LogP contribution in [0.25, 0.3) is 0 Å². The summed E-state index contributed by atoms with van der Waals surface area (Å²) in [6, 6.07) is 8.36. The van der Waals surface area contributed by atoms with Gasteiger partial charge in [-0.25, -0.2) is 8.78 Å². The maximum absolute atomic E-state index is 13.5. The second kappa shape index (κ2) is 10.6. The van der Waals surface area contributed by atoms with Crippen molar-refractivity contribution < 1.29 is 18.7 Å². The van der Waals surface area contributed by atoms with Crippen LogP contribution < -0.4 is 10.6 Å². The lowest BCUT2D eigenvalue weighted by atomic mass is 9.90. The number of pyridine rings is 1. The van der Waals surface area contributed by atoms with Crippen LogP contribution >= 0.6 is 0 Å². The highest BCUT2D eigenvalue weighted by Gasteiger charge is 2.21. The first-order chi connectivity index (χ1) is 14.0. The van der Waals surface area contributed by atoms with Gasteiger partial charge in [0, 0.05) is 31.8 Å². The van der Waals surface area contributed by atoms with Crippen LogP contribution in [0, 0.1) is 17.0 Å². The van der Waals surface area contributed by atoms with Gasteiger partial charge in [0.2, 0.25) is 5.91 Å². The van der Waals surface area contributed by atoms with Crippen LogP contribution in [0.2, 0.25) is 0 Å². The smallest absolute Gasteiger partial charge is 0.217 e. The average molecular weight is 420 g/mol. The lowest BCUT2D eigenvalue weighted by Crippen LogP contribution is -2.48. The maximum Gasteiger partial charge on any atom is 0.217 e. The third-order valence-corrected chi connectivity index (χ3v) is 4.47. The van der Waals surface area contributed by atoms with E-state index in [1.54, 1.807) is 0 Å². The Morgan fingerprint density at radius 2 is 1.77 bits per heavy atom. The molecule has 0 radical (unpaired) electrons. The Morgan fingerprint density at radius 3 is 2.37 bits per heavy atom. The van der Waals surface area contributed by atoms with E-state index in [-0.39, 0.29) is 24.3 Å². The van der Waals surface area contributed by atoms with Crippen LogP contribution in [0.15, 0.2) is 36.4 Å². The van der Waals surface area contributed by atoms with E-state index < -0.39 is 23.8 Å². The number of aliphatic hydroxyl groups excluding tert-OH is 1. The molecule has 0 aliphatic heterocycles. The molecule has 1 heterocycles. The number of hydrogen-bond acceptors (Lipinski definition) is 4. The summed E-state index contributed by atoms with van der Waals surface area (Å²) in [5, 5.41) is 16.4. The molecular weight excluding hydrogens is 388 g/mol. The van der Waals surface area contributed by atoms with E-state index in [4.69, 9.17) is 0 Å². The summed E-state index contributed by atoms with van der Waals surface area (Å²) in [6.07, 6.45) is 0.0206. The van der Waals surface area contributed by atoms with E-state index in [0.717, 1.165) is 23.9 Å². The van der Waals surface area contributed by atoms with Gasteiger partial charge < -0.3 is 15.7 Å². The molecule has 0 saturated carbocycles. The first kappa shape index (κ1) is 23.9. The number of nitrogens with zero attached hydrogens (tertiary/aromatic N) is 1. The van der Waals surface area contributed by atoms with Gasteiger partial charge in [0.05, 0.1) is 17.8 Å². The molecule has 164 valence electrons. The van der Waals surface area contributed by atoms with Crippen molar-refractivity contribution in [3.05, 3.63) is 65.0 Å². The van der Waals surface area contributed by atoms with Crippen molar-refractivity contribution in [2.45, 2.75) is 59.2 Å². The maximum atomic E-state index is 13.5. The molecule has 0 spiro atoms. The molecule has 7 heteroatoms. The number of hydrogen-bond donors (Lipinski definition) is 3. The van der Waals surface area contributed by atoms with Crippen LogP contribution in [0.3, 0.4) is 0 Å². The number of halogens is 2. The van der Waals surface area contributed by atoms with Crippen molar-refractivity contribution in [2.75, 3.05) is 6.54 Å². The van der Waals surface area contributed by atoms with Gasteiger partial charge in [0.15, 0.2) is 0 Å².